The number of pyridine rings is 1. The molecule has 17 heavy (non-hydrogen) atoms. The third-order valence-electron chi connectivity index (χ3n) is 2.34. The number of aromatic nitrogens is 1. The van der Waals surface area contributed by atoms with Crippen molar-refractivity contribution in [1.82, 2.24) is 4.73 Å². The van der Waals surface area contributed by atoms with Gasteiger partial charge in [-0.1, -0.05) is 0 Å². The zero-order chi connectivity index (χ0) is 12.6. The maximum Gasteiger partial charge on any atom is 0.270 e. The molecule has 7 heteroatoms. The summed E-state index contributed by atoms with van der Waals surface area (Å²) in [5, 5.41) is 36.7. The summed E-state index contributed by atoms with van der Waals surface area (Å²) in [4.78, 5) is 10.0. The van der Waals surface area contributed by atoms with E-state index in [2.05, 4.69) is 0 Å². The van der Waals surface area contributed by atoms with Crippen molar-refractivity contribution in [3.8, 4) is 6.07 Å². The fraction of sp³-hybridized carbons (Fsp3) is 0. The van der Waals surface area contributed by atoms with Gasteiger partial charge in [-0.3, -0.25) is 15.5 Å². The van der Waals surface area contributed by atoms with Gasteiger partial charge in [-0.25, -0.2) is 0 Å². The number of rotatable bonds is 1. The van der Waals surface area contributed by atoms with Gasteiger partial charge in [0.05, 0.1) is 16.0 Å². The second-order valence-corrected chi connectivity index (χ2v) is 3.33. The standard InChI is InChI=1S/C10H6N4O3/c11-5-7-3-6-4-8(14(16)17)1-2-9(6)13(15)10(7)12/h1-4,12,15H. The van der Waals surface area contributed by atoms with Crippen molar-refractivity contribution in [2.24, 2.45) is 0 Å². The van der Waals surface area contributed by atoms with Crippen molar-refractivity contribution < 1.29 is 10.1 Å². The highest BCUT2D eigenvalue weighted by atomic mass is 16.6. The van der Waals surface area contributed by atoms with Gasteiger partial charge in [-0.2, -0.15) is 9.99 Å². The average Bonchev–Trinajstić information content (AvgIpc) is 2.33. The second-order valence-electron chi connectivity index (χ2n) is 3.33. The largest absolute Gasteiger partial charge is 0.426 e. The van der Waals surface area contributed by atoms with Crippen molar-refractivity contribution in [1.29, 1.82) is 10.7 Å². The van der Waals surface area contributed by atoms with Crippen LogP contribution in [0.15, 0.2) is 24.3 Å². The molecule has 84 valence electrons. The van der Waals surface area contributed by atoms with Crippen LogP contribution in [0.3, 0.4) is 0 Å². The molecule has 0 radical (unpaired) electrons. The van der Waals surface area contributed by atoms with Gasteiger partial charge in [0, 0.05) is 17.5 Å². The molecule has 0 aliphatic rings. The molecule has 0 spiro atoms. The quantitative estimate of drug-likeness (QED) is 0.434. The summed E-state index contributed by atoms with van der Waals surface area (Å²) in [6.45, 7) is 0. The van der Waals surface area contributed by atoms with Crippen LogP contribution < -0.4 is 5.49 Å². The van der Waals surface area contributed by atoms with E-state index in [1.165, 1.54) is 24.3 Å². The first-order valence-electron chi connectivity index (χ1n) is 4.52. The zero-order valence-corrected chi connectivity index (χ0v) is 8.41. The minimum absolute atomic E-state index is 0.0551. The summed E-state index contributed by atoms with van der Waals surface area (Å²) in [5.74, 6) is 0. The number of hydrogen-bond acceptors (Lipinski definition) is 5. The van der Waals surface area contributed by atoms with E-state index >= 15 is 0 Å². The number of benzene rings is 1. The Balaban J connectivity index is 2.89. The second kappa shape index (κ2) is 3.61. The fourth-order valence-corrected chi connectivity index (χ4v) is 1.51. The number of nitrogens with zero attached hydrogens (tertiary/aromatic N) is 3. The Kier molecular flexibility index (Phi) is 2.25. The molecule has 0 aliphatic heterocycles. The minimum atomic E-state index is -0.568. The Labute approximate surface area is 94.4 Å². The lowest BCUT2D eigenvalue weighted by atomic mass is 10.1. The third-order valence-corrected chi connectivity index (χ3v) is 2.34. The van der Waals surface area contributed by atoms with Crippen molar-refractivity contribution in [3.05, 3.63) is 45.4 Å². The lowest BCUT2D eigenvalue weighted by Crippen LogP contribution is -2.20. The number of fused-ring (bicyclic) bond motifs is 1. The predicted octanol–water partition coefficient (Wildman–Crippen LogP) is 1.14. The molecule has 0 fully saturated rings. The van der Waals surface area contributed by atoms with Crippen molar-refractivity contribution in [2.75, 3.05) is 0 Å². The van der Waals surface area contributed by atoms with E-state index in [1.807, 2.05) is 0 Å². The molecule has 1 heterocycles. The molecule has 7 nitrogen and oxygen atoms in total. The molecule has 2 aromatic rings. The van der Waals surface area contributed by atoms with Crippen molar-refractivity contribution in [3.63, 3.8) is 0 Å². The summed E-state index contributed by atoms with van der Waals surface area (Å²) in [6, 6.07) is 6.86. The first-order valence-corrected chi connectivity index (χ1v) is 4.52. The Morgan fingerprint density at radius 1 is 1.47 bits per heavy atom. The maximum atomic E-state index is 10.6. The SMILES string of the molecule is N#Cc1cc2cc([N+](=O)[O-])ccc2n(O)c1=N. The molecule has 2 rings (SSSR count). The Morgan fingerprint density at radius 3 is 2.76 bits per heavy atom. The van der Waals surface area contributed by atoms with E-state index in [0.717, 1.165) is 0 Å². The fourth-order valence-electron chi connectivity index (χ4n) is 1.51. The van der Waals surface area contributed by atoms with Gasteiger partial charge in [-0.15, -0.1) is 0 Å². The highest BCUT2D eigenvalue weighted by Gasteiger charge is 2.10. The van der Waals surface area contributed by atoms with Gasteiger partial charge < -0.3 is 5.21 Å². The van der Waals surface area contributed by atoms with E-state index in [4.69, 9.17) is 10.7 Å². The lowest BCUT2D eigenvalue weighted by Gasteiger charge is -2.04. The monoisotopic (exact) mass is 230 g/mol. The predicted molar refractivity (Wildman–Crippen MR) is 56.3 cm³/mol. The van der Waals surface area contributed by atoms with Gasteiger partial charge in [-0.05, 0) is 12.1 Å². The number of nitrogens with one attached hydrogen (secondary N) is 1. The number of nitro groups is 1. The normalized spacial score (nSPS) is 10.1. The average molecular weight is 230 g/mol. The molecular weight excluding hydrogens is 224 g/mol. The number of non-ortho nitro benzene ring substituents is 1. The number of hydrogen-bond donors (Lipinski definition) is 2. The molecule has 0 unspecified atom stereocenters. The van der Waals surface area contributed by atoms with Gasteiger partial charge in [0.25, 0.3) is 5.69 Å². The first-order chi connectivity index (χ1) is 8.04. The summed E-state index contributed by atoms with van der Waals surface area (Å²) in [6.07, 6.45) is 0. The summed E-state index contributed by atoms with van der Waals surface area (Å²) in [7, 11) is 0. The van der Waals surface area contributed by atoms with Crippen LogP contribution in [0.25, 0.3) is 10.9 Å². The molecule has 1 aromatic heterocycles. The van der Waals surface area contributed by atoms with E-state index < -0.39 is 4.92 Å². The molecule has 0 saturated carbocycles. The van der Waals surface area contributed by atoms with Crippen LogP contribution in [0.4, 0.5) is 5.69 Å². The Morgan fingerprint density at radius 2 is 2.18 bits per heavy atom. The van der Waals surface area contributed by atoms with Gasteiger partial charge >= 0.3 is 0 Å². The minimum Gasteiger partial charge on any atom is -0.426 e. The Bertz CT molecular complexity index is 727. The molecule has 1 aromatic carbocycles. The smallest absolute Gasteiger partial charge is 0.270 e. The molecular formula is C10H6N4O3. The van der Waals surface area contributed by atoms with Crippen LogP contribution in [0.5, 0.6) is 0 Å². The third kappa shape index (κ3) is 1.57. The molecule has 0 atom stereocenters. The summed E-state index contributed by atoms with van der Waals surface area (Å²) >= 11 is 0. The van der Waals surface area contributed by atoms with Crippen LogP contribution in [0, 0.1) is 26.9 Å². The topological polar surface area (TPSA) is 116 Å². The van der Waals surface area contributed by atoms with Crippen LogP contribution >= 0.6 is 0 Å². The van der Waals surface area contributed by atoms with E-state index in [0.29, 0.717) is 10.1 Å². The van der Waals surface area contributed by atoms with Gasteiger partial charge in [0.2, 0.25) is 0 Å². The van der Waals surface area contributed by atoms with Crippen LogP contribution in [0.2, 0.25) is 0 Å². The summed E-state index contributed by atoms with van der Waals surface area (Å²) < 4.78 is 0.525. The molecule has 0 aliphatic carbocycles. The number of nitriles is 1. The molecule has 2 N–H and O–H groups in total. The van der Waals surface area contributed by atoms with E-state index in [-0.39, 0.29) is 22.3 Å². The maximum absolute atomic E-state index is 10.6. The lowest BCUT2D eigenvalue weighted by molar-refractivity contribution is -0.384. The highest BCUT2D eigenvalue weighted by molar-refractivity contribution is 5.82. The van der Waals surface area contributed by atoms with E-state index in [9.17, 15) is 15.3 Å². The molecule has 0 amide bonds. The Hall–Kier alpha value is -2.88. The van der Waals surface area contributed by atoms with Gasteiger partial charge in [0.15, 0.2) is 5.49 Å². The molecule has 0 saturated heterocycles. The van der Waals surface area contributed by atoms with Gasteiger partial charge in [0.1, 0.15) is 6.07 Å². The van der Waals surface area contributed by atoms with E-state index in [1.54, 1.807) is 6.07 Å². The number of nitro benzene ring substituents is 1. The van der Waals surface area contributed by atoms with Crippen LogP contribution in [0.1, 0.15) is 5.56 Å². The van der Waals surface area contributed by atoms with Crippen molar-refractivity contribution >= 4 is 16.6 Å². The molecule has 0 bridgehead atoms. The first kappa shape index (κ1) is 10.6. The highest BCUT2D eigenvalue weighted by Crippen LogP contribution is 2.19. The van der Waals surface area contributed by atoms with Crippen molar-refractivity contribution in [2.45, 2.75) is 0 Å². The summed E-state index contributed by atoms with van der Waals surface area (Å²) in [5.41, 5.74) is -0.312. The zero-order valence-electron chi connectivity index (χ0n) is 8.41. The van der Waals surface area contributed by atoms with Crippen LogP contribution in [-0.4, -0.2) is 14.9 Å². The van der Waals surface area contributed by atoms with Crippen LogP contribution in [-0.2, 0) is 0 Å².